The SMILES string of the molecule is O=C(Nc1ccccc1)c1nnc([C@@H]2CCCN2C(=O)Cc2ccc(F)cc2)s1. The lowest BCUT2D eigenvalue weighted by Gasteiger charge is -2.22. The van der Waals surface area contributed by atoms with E-state index in [1.807, 2.05) is 18.2 Å². The van der Waals surface area contributed by atoms with E-state index in [0.29, 0.717) is 17.2 Å². The molecule has 1 aliphatic rings. The minimum Gasteiger partial charge on any atom is -0.333 e. The predicted octanol–water partition coefficient (Wildman–Crippen LogP) is 3.84. The molecule has 0 spiro atoms. The van der Waals surface area contributed by atoms with E-state index >= 15 is 0 Å². The second-order valence-corrected chi connectivity index (χ2v) is 7.82. The number of carbonyl (C=O) groups excluding carboxylic acids is 2. The first-order valence-corrected chi connectivity index (χ1v) is 10.2. The van der Waals surface area contributed by atoms with Crippen LogP contribution in [0.4, 0.5) is 10.1 Å². The van der Waals surface area contributed by atoms with Crippen molar-refractivity contribution in [1.29, 1.82) is 0 Å². The minimum atomic E-state index is -0.324. The maximum absolute atomic E-state index is 13.1. The molecule has 0 unspecified atom stereocenters. The second kappa shape index (κ2) is 8.48. The lowest BCUT2D eigenvalue weighted by molar-refractivity contribution is -0.131. The molecule has 8 heteroatoms. The van der Waals surface area contributed by atoms with Crippen molar-refractivity contribution < 1.29 is 14.0 Å². The average Bonchev–Trinajstić information content (AvgIpc) is 3.40. The van der Waals surface area contributed by atoms with E-state index in [0.717, 1.165) is 18.4 Å². The fourth-order valence-electron chi connectivity index (χ4n) is 3.37. The number of carbonyl (C=O) groups is 2. The molecule has 1 aliphatic heterocycles. The number of rotatable bonds is 5. The van der Waals surface area contributed by atoms with Gasteiger partial charge in [-0.25, -0.2) is 4.39 Å². The molecule has 1 aromatic heterocycles. The zero-order chi connectivity index (χ0) is 20.2. The number of likely N-dealkylation sites (tertiary alicyclic amines) is 1. The van der Waals surface area contributed by atoms with Crippen LogP contribution in [0.5, 0.6) is 0 Å². The van der Waals surface area contributed by atoms with Crippen LogP contribution in [-0.2, 0) is 11.2 Å². The number of anilines is 1. The van der Waals surface area contributed by atoms with E-state index in [1.165, 1.54) is 23.5 Å². The molecule has 148 valence electrons. The van der Waals surface area contributed by atoms with Crippen molar-refractivity contribution in [2.75, 3.05) is 11.9 Å². The third-order valence-electron chi connectivity index (χ3n) is 4.79. The van der Waals surface area contributed by atoms with Gasteiger partial charge in [0.1, 0.15) is 10.8 Å². The quantitative estimate of drug-likeness (QED) is 0.694. The van der Waals surface area contributed by atoms with Crippen LogP contribution >= 0.6 is 11.3 Å². The molecular formula is C21H19FN4O2S. The van der Waals surface area contributed by atoms with Crippen LogP contribution in [0, 0.1) is 5.82 Å². The molecule has 6 nitrogen and oxygen atoms in total. The Morgan fingerprint density at radius 2 is 1.86 bits per heavy atom. The molecule has 0 radical (unpaired) electrons. The maximum Gasteiger partial charge on any atom is 0.286 e. The first kappa shape index (κ1) is 19.2. The van der Waals surface area contributed by atoms with Gasteiger partial charge in [0, 0.05) is 12.2 Å². The molecule has 1 fully saturated rings. The average molecular weight is 410 g/mol. The Morgan fingerprint density at radius 3 is 2.62 bits per heavy atom. The van der Waals surface area contributed by atoms with Gasteiger partial charge in [-0.1, -0.05) is 41.7 Å². The Hall–Kier alpha value is -3.13. The molecule has 0 saturated carbocycles. The summed E-state index contributed by atoms with van der Waals surface area (Å²) in [6.07, 6.45) is 1.85. The highest BCUT2D eigenvalue weighted by atomic mass is 32.1. The maximum atomic E-state index is 13.1. The number of amides is 2. The number of hydrogen-bond donors (Lipinski definition) is 1. The van der Waals surface area contributed by atoms with Gasteiger partial charge in [-0.3, -0.25) is 9.59 Å². The van der Waals surface area contributed by atoms with Crippen molar-refractivity contribution >= 4 is 28.8 Å². The standard InChI is InChI=1S/C21H19FN4O2S/c22-15-10-8-14(9-11-15)13-18(27)26-12-4-7-17(26)20-24-25-21(29-20)19(28)23-16-5-2-1-3-6-16/h1-3,5-6,8-11,17H,4,7,12-13H2,(H,23,28)/t17-/m0/s1. The summed E-state index contributed by atoms with van der Waals surface area (Å²) < 4.78 is 13.1. The lowest BCUT2D eigenvalue weighted by Crippen LogP contribution is -2.31. The fourth-order valence-corrected chi connectivity index (χ4v) is 4.25. The second-order valence-electron chi connectivity index (χ2n) is 6.81. The summed E-state index contributed by atoms with van der Waals surface area (Å²) >= 11 is 1.21. The molecule has 1 atom stereocenters. The van der Waals surface area contributed by atoms with Gasteiger partial charge in [-0.15, -0.1) is 10.2 Å². The highest BCUT2D eigenvalue weighted by Gasteiger charge is 2.33. The van der Waals surface area contributed by atoms with Gasteiger partial charge in [0.05, 0.1) is 12.5 Å². The molecule has 0 bridgehead atoms. The van der Waals surface area contributed by atoms with Gasteiger partial charge in [-0.05, 0) is 42.7 Å². The zero-order valence-corrected chi connectivity index (χ0v) is 16.4. The summed E-state index contributed by atoms with van der Waals surface area (Å²) in [7, 11) is 0. The van der Waals surface area contributed by atoms with Crippen LogP contribution in [-0.4, -0.2) is 33.5 Å². The Labute approximate surface area is 171 Å². The number of hydrogen-bond acceptors (Lipinski definition) is 5. The molecule has 29 heavy (non-hydrogen) atoms. The fraction of sp³-hybridized carbons (Fsp3) is 0.238. The Bertz CT molecular complexity index is 1010. The summed E-state index contributed by atoms with van der Waals surface area (Å²) in [5.41, 5.74) is 1.45. The van der Waals surface area contributed by atoms with Crippen LogP contribution in [0.2, 0.25) is 0 Å². The summed E-state index contributed by atoms with van der Waals surface area (Å²) in [5, 5.41) is 11.9. The largest absolute Gasteiger partial charge is 0.333 e. The zero-order valence-electron chi connectivity index (χ0n) is 15.5. The number of nitrogens with one attached hydrogen (secondary N) is 1. The van der Waals surface area contributed by atoms with Gasteiger partial charge < -0.3 is 10.2 Å². The van der Waals surface area contributed by atoms with E-state index in [9.17, 15) is 14.0 Å². The van der Waals surface area contributed by atoms with Gasteiger partial charge in [0.15, 0.2) is 0 Å². The van der Waals surface area contributed by atoms with E-state index in [-0.39, 0.29) is 35.1 Å². The third-order valence-corrected chi connectivity index (χ3v) is 5.82. The first-order chi connectivity index (χ1) is 14.1. The topological polar surface area (TPSA) is 75.2 Å². The number of halogens is 1. The number of aromatic nitrogens is 2. The predicted molar refractivity (Wildman–Crippen MR) is 108 cm³/mol. The smallest absolute Gasteiger partial charge is 0.286 e. The van der Waals surface area contributed by atoms with Crippen molar-refractivity contribution in [1.82, 2.24) is 15.1 Å². The lowest BCUT2D eigenvalue weighted by atomic mass is 10.1. The van der Waals surface area contributed by atoms with Gasteiger partial charge >= 0.3 is 0 Å². The molecular weight excluding hydrogens is 391 g/mol. The molecule has 1 saturated heterocycles. The Morgan fingerprint density at radius 1 is 1.10 bits per heavy atom. The van der Waals surface area contributed by atoms with Crippen LogP contribution in [0.15, 0.2) is 54.6 Å². The highest BCUT2D eigenvalue weighted by molar-refractivity contribution is 7.13. The minimum absolute atomic E-state index is 0.0374. The monoisotopic (exact) mass is 410 g/mol. The third kappa shape index (κ3) is 4.48. The van der Waals surface area contributed by atoms with E-state index in [1.54, 1.807) is 29.2 Å². The molecule has 2 heterocycles. The van der Waals surface area contributed by atoms with Gasteiger partial charge in [0.2, 0.25) is 10.9 Å². The summed E-state index contributed by atoms with van der Waals surface area (Å²) in [5.74, 6) is -0.679. The van der Waals surface area contributed by atoms with Crippen molar-refractivity contribution in [2.45, 2.75) is 25.3 Å². The van der Waals surface area contributed by atoms with Crippen LogP contribution < -0.4 is 5.32 Å². The Balaban J connectivity index is 1.44. The van der Waals surface area contributed by atoms with E-state index in [4.69, 9.17) is 0 Å². The van der Waals surface area contributed by atoms with Crippen molar-refractivity contribution in [3.8, 4) is 0 Å². The number of para-hydroxylation sites is 1. The van der Waals surface area contributed by atoms with Crippen LogP contribution in [0.3, 0.4) is 0 Å². The van der Waals surface area contributed by atoms with Gasteiger partial charge in [-0.2, -0.15) is 0 Å². The summed E-state index contributed by atoms with van der Waals surface area (Å²) in [6, 6.07) is 14.9. The Kier molecular flexibility index (Phi) is 5.62. The van der Waals surface area contributed by atoms with Crippen molar-refractivity contribution in [3.05, 3.63) is 76.0 Å². The molecule has 2 amide bonds. The van der Waals surface area contributed by atoms with E-state index in [2.05, 4.69) is 15.5 Å². The number of benzene rings is 2. The van der Waals surface area contributed by atoms with Crippen molar-refractivity contribution in [3.63, 3.8) is 0 Å². The summed E-state index contributed by atoms with van der Waals surface area (Å²) in [4.78, 5) is 27.0. The highest BCUT2D eigenvalue weighted by Crippen LogP contribution is 2.34. The van der Waals surface area contributed by atoms with Gasteiger partial charge in [0.25, 0.3) is 5.91 Å². The molecule has 2 aromatic carbocycles. The normalized spacial score (nSPS) is 16.0. The summed E-state index contributed by atoms with van der Waals surface area (Å²) in [6.45, 7) is 0.635. The number of nitrogens with zero attached hydrogens (tertiary/aromatic N) is 3. The van der Waals surface area contributed by atoms with Crippen LogP contribution in [0.1, 0.15) is 39.3 Å². The molecule has 0 aliphatic carbocycles. The molecule has 4 rings (SSSR count). The van der Waals surface area contributed by atoms with Crippen LogP contribution in [0.25, 0.3) is 0 Å². The molecule has 3 aromatic rings. The van der Waals surface area contributed by atoms with E-state index < -0.39 is 0 Å². The van der Waals surface area contributed by atoms with Crippen molar-refractivity contribution in [2.24, 2.45) is 0 Å². The molecule has 1 N–H and O–H groups in total. The first-order valence-electron chi connectivity index (χ1n) is 9.34.